The van der Waals surface area contributed by atoms with Crippen molar-refractivity contribution >= 4 is 29.3 Å². The Kier molecular flexibility index (Phi) is 10.1. The number of hydrogen-bond donors (Lipinski definition) is 2. The van der Waals surface area contributed by atoms with Gasteiger partial charge in [0.25, 0.3) is 0 Å². The fraction of sp³-hybridized carbons (Fsp3) is 0.611. The molecule has 0 aliphatic carbocycles. The Morgan fingerprint density at radius 3 is 2.84 bits per heavy atom. The van der Waals surface area contributed by atoms with E-state index in [1.165, 1.54) is 4.90 Å². The molecule has 140 valence electrons. The van der Waals surface area contributed by atoms with Crippen molar-refractivity contribution in [3.63, 3.8) is 0 Å². The number of benzene rings is 1. The van der Waals surface area contributed by atoms with Gasteiger partial charge in [-0.25, -0.2) is 0 Å². The average molecular weight is 386 g/mol. The topological polar surface area (TPSA) is 54.9 Å². The maximum Gasteiger partial charge on any atom is 0.191 e. The number of nitrogens with zero attached hydrogens (tertiary/aromatic N) is 1. The second-order valence-corrected chi connectivity index (χ2v) is 7.49. The van der Waals surface area contributed by atoms with Gasteiger partial charge in [-0.1, -0.05) is 11.6 Å². The first kappa shape index (κ1) is 20.4. The molecule has 1 unspecified atom stereocenters. The first-order valence-electron chi connectivity index (χ1n) is 8.76. The van der Waals surface area contributed by atoms with Crippen LogP contribution in [0.3, 0.4) is 0 Å². The zero-order chi connectivity index (χ0) is 17.7. The normalized spacial score (nSPS) is 17.7. The maximum atomic E-state index is 5.89. The van der Waals surface area contributed by atoms with Crippen molar-refractivity contribution in [2.45, 2.75) is 17.7 Å². The lowest BCUT2D eigenvalue weighted by molar-refractivity contribution is 0.0888. The number of halogens is 1. The van der Waals surface area contributed by atoms with Crippen LogP contribution in [0.5, 0.6) is 0 Å². The summed E-state index contributed by atoms with van der Waals surface area (Å²) in [4.78, 5) is 5.46. The van der Waals surface area contributed by atoms with E-state index in [1.807, 2.05) is 24.3 Å². The van der Waals surface area contributed by atoms with E-state index in [0.717, 1.165) is 69.1 Å². The number of ether oxygens (including phenoxy) is 2. The minimum atomic E-state index is 0.584. The first-order valence-corrected chi connectivity index (χ1v) is 10.1. The molecule has 5 nitrogen and oxygen atoms in total. The Balaban J connectivity index is 1.46. The first-order chi connectivity index (χ1) is 12.3. The third-order valence-electron chi connectivity index (χ3n) is 3.84. The van der Waals surface area contributed by atoms with Gasteiger partial charge in [0.15, 0.2) is 5.96 Å². The molecule has 1 fully saturated rings. The lowest BCUT2D eigenvalue weighted by atomic mass is 10.1. The fourth-order valence-electron chi connectivity index (χ4n) is 2.44. The van der Waals surface area contributed by atoms with Crippen molar-refractivity contribution in [3.8, 4) is 0 Å². The van der Waals surface area contributed by atoms with Crippen molar-refractivity contribution in [2.75, 3.05) is 52.3 Å². The zero-order valence-corrected chi connectivity index (χ0v) is 16.4. The summed E-state index contributed by atoms with van der Waals surface area (Å²) < 4.78 is 11.0. The lowest BCUT2D eigenvalue weighted by Crippen LogP contribution is -2.39. The third-order valence-corrected chi connectivity index (χ3v) is 5.10. The molecular weight excluding hydrogens is 358 g/mol. The van der Waals surface area contributed by atoms with Gasteiger partial charge in [0.1, 0.15) is 0 Å². The molecule has 1 aliphatic heterocycles. The van der Waals surface area contributed by atoms with Crippen molar-refractivity contribution in [2.24, 2.45) is 10.9 Å². The minimum Gasteiger partial charge on any atom is -0.381 e. The van der Waals surface area contributed by atoms with Crippen LogP contribution in [0, 0.1) is 5.92 Å². The van der Waals surface area contributed by atoms with E-state index in [1.54, 1.807) is 18.8 Å². The van der Waals surface area contributed by atoms with Crippen molar-refractivity contribution in [3.05, 3.63) is 29.3 Å². The van der Waals surface area contributed by atoms with Gasteiger partial charge >= 0.3 is 0 Å². The van der Waals surface area contributed by atoms with E-state index in [4.69, 9.17) is 21.1 Å². The molecule has 1 aliphatic rings. The number of hydrogen-bond acceptors (Lipinski definition) is 4. The maximum absolute atomic E-state index is 5.89. The summed E-state index contributed by atoms with van der Waals surface area (Å²) in [5.41, 5.74) is 0. The lowest BCUT2D eigenvalue weighted by Gasteiger charge is -2.12. The van der Waals surface area contributed by atoms with Crippen LogP contribution in [0.1, 0.15) is 12.8 Å². The molecule has 7 heteroatoms. The van der Waals surface area contributed by atoms with Gasteiger partial charge in [-0.15, -0.1) is 11.8 Å². The van der Waals surface area contributed by atoms with E-state index >= 15 is 0 Å². The quantitative estimate of drug-likeness (QED) is 0.280. The predicted molar refractivity (Wildman–Crippen MR) is 106 cm³/mol. The van der Waals surface area contributed by atoms with Crippen LogP contribution < -0.4 is 10.6 Å². The highest BCUT2D eigenvalue weighted by molar-refractivity contribution is 7.99. The van der Waals surface area contributed by atoms with E-state index in [9.17, 15) is 0 Å². The standard InChI is InChI=1S/C18H28ClN3O2S/c1-20-18(21-8-2-10-23-13-15-7-11-24-14-15)22-9-12-25-17-5-3-16(19)4-6-17/h3-6,15H,2,7-14H2,1H3,(H2,20,21,22). The van der Waals surface area contributed by atoms with Crippen LogP contribution in [0.15, 0.2) is 34.2 Å². The van der Waals surface area contributed by atoms with Crippen molar-refractivity contribution in [1.82, 2.24) is 10.6 Å². The van der Waals surface area contributed by atoms with Crippen LogP contribution >= 0.6 is 23.4 Å². The Hall–Kier alpha value is -0.950. The second kappa shape index (κ2) is 12.4. The molecule has 0 spiro atoms. The summed E-state index contributed by atoms with van der Waals surface area (Å²) in [6, 6.07) is 7.91. The van der Waals surface area contributed by atoms with Crippen molar-refractivity contribution < 1.29 is 9.47 Å². The van der Waals surface area contributed by atoms with Crippen molar-refractivity contribution in [1.29, 1.82) is 0 Å². The molecule has 2 rings (SSSR count). The van der Waals surface area contributed by atoms with Crippen LogP contribution in [-0.2, 0) is 9.47 Å². The van der Waals surface area contributed by atoms with Crippen LogP contribution in [0.25, 0.3) is 0 Å². The van der Waals surface area contributed by atoms with E-state index in [-0.39, 0.29) is 0 Å². The average Bonchev–Trinajstić information content (AvgIpc) is 3.14. The number of guanidine groups is 1. The summed E-state index contributed by atoms with van der Waals surface area (Å²) in [5.74, 6) is 2.39. The van der Waals surface area contributed by atoms with E-state index in [0.29, 0.717) is 5.92 Å². The summed E-state index contributed by atoms with van der Waals surface area (Å²) in [7, 11) is 1.79. The molecule has 1 aromatic rings. The largest absolute Gasteiger partial charge is 0.381 e. The molecule has 0 saturated carbocycles. The van der Waals surface area contributed by atoms with Crippen LogP contribution in [0.2, 0.25) is 5.02 Å². The highest BCUT2D eigenvalue weighted by atomic mass is 35.5. The van der Waals surface area contributed by atoms with Crippen LogP contribution in [0.4, 0.5) is 0 Å². The molecule has 2 N–H and O–H groups in total. The number of aliphatic imine (C=N–C) groups is 1. The van der Waals surface area contributed by atoms with E-state index < -0.39 is 0 Å². The Bertz CT molecular complexity index is 508. The third kappa shape index (κ3) is 8.81. The molecule has 25 heavy (non-hydrogen) atoms. The van der Waals surface area contributed by atoms with Gasteiger partial charge in [0.05, 0.1) is 13.2 Å². The SMILES string of the molecule is CN=C(NCCCOCC1CCOC1)NCCSc1ccc(Cl)cc1. The number of nitrogens with one attached hydrogen (secondary N) is 2. The summed E-state index contributed by atoms with van der Waals surface area (Å²) >= 11 is 7.68. The molecule has 0 amide bonds. The number of rotatable bonds is 10. The van der Waals surface area contributed by atoms with Gasteiger partial charge in [0, 0.05) is 54.9 Å². The predicted octanol–water partition coefficient (Wildman–Crippen LogP) is 3.04. The van der Waals surface area contributed by atoms with Gasteiger partial charge in [-0.05, 0) is 37.1 Å². The highest BCUT2D eigenvalue weighted by Gasteiger charge is 2.15. The molecule has 1 atom stereocenters. The van der Waals surface area contributed by atoms with Gasteiger partial charge in [0.2, 0.25) is 0 Å². The molecule has 1 saturated heterocycles. The van der Waals surface area contributed by atoms with Gasteiger partial charge in [-0.2, -0.15) is 0 Å². The molecule has 0 aromatic heterocycles. The Morgan fingerprint density at radius 2 is 2.12 bits per heavy atom. The zero-order valence-electron chi connectivity index (χ0n) is 14.8. The Labute approximate surface area is 159 Å². The molecular formula is C18H28ClN3O2S. The van der Waals surface area contributed by atoms with Gasteiger partial charge < -0.3 is 20.1 Å². The molecule has 1 heterocycles. The summed E-state index contributed by atoms with van der Waals surface area (Å²) in [6.07, 6.45) is 2.09. The Morgan fingerprint density at radius 1 is 1.32 bits per heavy atom. The summed E-state index contributed by atoms with van der Waals surface area (Å²) in [6.45, 7) is 5.02. The monoisotopic (exact) mass is 385 g/mol. The second-order valence-electron chi connectivity index (χ2n) is 5.89. The fourth-order valence-corrected chi connectivity index (χ4v) is 3.33. The molecule has 0 radical (unpaired) electrons. The minimum absolute atomic E-state index is 0.584. The van der Waals surface area contributed by atoms with Crippen LogP contribution in [-0.4, -0.2) is 58.3 Å². The van der Waals surface area contributed by atoms with E-state index in [2.05, 4.69) is 15.6 Å². The smallest absolute Gasteiger partial charge is 0.191 e. The van der Waals surface area contributed by atoms with Gasteiger partial charge in [-0.3, -0.25) is 4.99 Å². The highest BCUT2D eigenvalue weighted by Crippen LogP contribution is 2.19. The number of thioether (sulfide) groups is 1. The molecule has 0 bridgehead atoms. The summed E-state index contributed by atoms with van der Waals surface area (Å²) in [5, 5.41) is 7.40. The molecule has 1 aromatic carbocycles.